The first kappa shape index (κ1) is 13.7. The lowest BCUT2D eigenvalue weighted by atomic mass is 10.1. The topological polar surface area (TPSA) is 62.3 Å². The van der Waals surface area contributed by atoms with Crippen molar-refractivity contribution in [2.45, 2.75) is 31.8 Å². The van der Waals surface area contributed by atoms with Crippen LogP contribution in [0.2, 0.25) is 0 Å². The Bertz CT molecular complexity index is 461. The lowest BCUT2D eigenvalue weighted by Crippen LogP contribution is -2.33. The highest BCUT2D eigenvalue weighted by Gasteiger charge is 2.16. The van der Waals surface area contributed by atoms with Crippen LogP contribution in [0.15, 0.2) is 18.2 Å². The van der Waals surface area contributed by atoms with Crippen LogP contribution in [0, 0.1) is 11.3 Å². The van der Waals surface area contributed by atoms with Gasteiger partial charge in [-0.3, -0.25) is 0 Å². The van der Waals surface area contributed by atoms with Crippen molar-refractivity contribution in [1.29, 1.82) is 5.26 Å². The Morgan fingerprint density at radius 3 is 3.00 bits per heavy atom. The summed E-state index contributed by atoms with van der Waals surface area (Å²) in [6, 6.07) is 8.02. The highest BCUT2D eigenvalue weighted by Crippen LogP contribution is 2.22. The number of benzene rings is 1. The SMILES string of the molecule is CN(CC1CCCCO1)c1ccc(N)c(CC#N)c1. The molecule has 1 heterocycles. The van der Waals surface area contributed by atoms with Crippen molar-refractivity contribution >= 4 is 11.4 Å². The first-order valence-corrected chi connectivity index (χ1v) is 6.79. The summed E-state index contributed by atoms with van der Waals surface area (Å²) >= 11 is 0. The minimum absolute atomic E-state index is 0.315. The maximum absolute atomic E-state index is 8.80. The fourth-order valence-electron chi connectivity index (χ4n) is 2.43. The van der Waals surface area contributed by atoms with E-state index in [0.717, 1.165) is 30.8 Å². The quantitative estimate of drug-likeness (QED) is 0.843. The molecule has 1 atom stereocenters. The molecule has 0 aromatic heterocycles. The standard InChI is InChI=1S/C15H21N3O/c1-18(11-14-4-2-3-9-19-14)13-5-6-15(17)12(10-13)7-8-16/h5-6,10,14H,2-4,7,9,11,17H2,1H3. The number of hydrogen-bond donors (Lipinski definition) is 1. The van der Waals surface area contributed by atoms with Crippen LogP contribution in [0.3, 0.4) is 0 Å². The summed E-state index contributed by atoms with van der Waals surface area (Å²) in [5.74, 6) is 0. The second-order valence-electron chi connectivity index (χ2n) is 5.09. The molecule has 1 fully saturated rings. The number of nitrogens with two attached hydrogens (primary N) is 1. The molecule has 0 spiro atoms. The van der Waals surface area contributed by atoms with Crippen molar-refractivity contribution in [2.75, 3.05) is 30.8 Å². The van der Waals surface area contributed by atoms with E-state index in [1.807, 2.05) is 18.2 Å². The average molecular weight is 259 g/mol. The summed E-state index contributed by atoms with van der Waals surface area (Å²) < 4.78 is 5.75. The average Bonchev–Trinajstić information content (AvgIpc) is 2.42. The minimum atomic E-state index is 0.315. The largest absolute Gasteiger partial charge is 0.398 e. The molecule has 1 aromatic rings. The van der Waals surface area contributed by atoms with Crippen molar-refractivity contribution in [1.82, 2.24) is 0 Å². The van der Waals surface area contributed by atoms with E-state index in [1.165, 1.54) is 12.8 Å². The van der Waals surface area contributed by atoms with Gasteiger partial charge in [-0.15, -0.1) is 0 Å². The van der Waals surface area contributed by atoms with Crippen LogP contribution in [0.5, 0.6) is 0 Å². The zero-order valence-corrected chi connectivity index (χ0v) is 11.4. The van der Waals surface area contributed by atoms with Gasteiger partial charge in [0.1, 0.15) is 0 Å². The highest BCUT2D eigenvalue weighted by molar-refractivity contribution is 5.59. The van der Waals surface area contributed by atoms with Gasteiger partial charge in [0.05, 0.1) is 18.6 Å². The summed E-state index contributed by atoms with van der Waals surface area (Å²) in [6.45, 7) is 1.76. The number of likely N-dealkylation sites (N-methyl/N-ethyl adjacent to an activating group) is 1. The molecule has 0 bridgehead atoms. The van der Waals surface area contributed by atoms with Gasteiger partial charge in [0, 0.05) is 31.6 Å². The Morgan fingerprint density at radius 2 is 2.32 bits per heavy atom. The van der Waals surface area contributed by atoms with E-state index in [1.54, 1.807) is 0 Å². The predicted octanol–water partition coefficient (Wildman–Crippen LogP) is 2.34. The summed E-state index contributed by atoms with van der Waals surface area (Å²) in [4.78, 5) is 2.18. The van der Waals surface area contributed by atoms with Crippen LogP contribution in [-0.2, 0) is 11.2 Å². The van der Waals surface area contributed by atoms with E-state index in [-0.39, 0.29) is 0 Å². The third-order valence-electron chi connectivity index (χ3n) is 3.59. The van der Waals surface area contributed by atoms with Crippen LogP contribution in [-0.4, -0.2) is 26.3 Å². The smallest absolute Gasteiger partial charge is 0.0749 e. The summed E-state index contributed by atoms with van der Waals surface area (Å²) in [5, 5.41) is 8.80. The lowest BCUT2D eigenvalue weighted by Gasteiger charge is -2.29. The van der Waals surface area contributed by atoms with Gasteiger partial charge in [-0.05, 0) is 43.0 Å². The molecule has 19 heavy (non-hydrogen) atoms. The van der Waals surface area contributed by atoms with Gasteiger partial charge >= 0.3 is 0 Å². The molecular weight excluding hydrogens is 238 g/mol. The number of nitrogens with zero attached hydrogens (tertiary/aromatic N) is 2. The molecule has 1 saturated heterocycles. The van der Waals surface area contributed by atoms with E-state index >= 15 is 0 Å². The van der Waals surface area contributed by atoms with Gasteiger partial charge < -0.3 is 15.4 Å². The van der Waals surface area contributed by atoms with E-state index in [2.05, 4.69) is 18.0 Å². The molecule has 2 N–H and O–H groups in total. The number of hydrogen-bond acceptors (Lipinski definition) is 4. The fraction of sp³-hybridized carbons (Fsp3) is 0.533. The summed E-state index contributed by atoms with van der Waals surface area (Å²) in [7, 11) is 2.06. The summed E-state index contributed by atoms with van der Waals surface area (Å²) in [6.07, 6.45) is 4.22. The third-order valence-corrected chi connectivity index (χ3v) is 3.59. The lowest BCUT2D eigenvalue weighted by molar-refractivity contribution is 0.0216. The van der Waals surface area contributed by atoms with Gasteiger partial charge in [0.25, 0.3) is 0 Å². The molecule has 1 unspecified atom stereocenters. The van der Waals surface area contributed by atoms with E-state index in [9.17, 15) is 0 Å². The maximum Gasteiger partial charge on any atom is 0.0749 e. The molecule has 0 amide bonds. The zero-order chi connectivity index (χ0) is 13.7. The Balaban J connectivity index is 2.03. The molecule has 1 aliphatic heterocycles. The van der Waals surface area contributed by atoms with Gasteiger partial charge in [0.15, 0.2) is 0 Å². The molecule has 1 aliphatic rings. The third kappa shape index (κ3) is 3.62. The molecular formula is C15H21N3O. The van der Waals surface area contributed by atoms with Gasteiger partial charge in [-0.1, -0.05) is 0 Å². The predicted molar refractivity (Wildman–Crippen MR) is 77.0 cm³/mol. The molecule has 0 radical (unpaired) electrons. The molecule has 102 valence electrons. The van der Waals surface area contributed by atoms with Gasteiger partial charge in [0.2, 0.25) is 0 Å². The second kappa shape index (κ2) is 6.44. The monoisotopic (exact) mass is 259 g/mol. The fourth-order valence-corrected chi connectivity index (χ4v) is 2.43. The van der Waals surface area contributed by atoms with Crippen LogP contribution >= 0.6 is 0 Å². The Morgan fingerprint density at radius 1 is 1.47 bits per heavy atom. The first-order valence-electron chi connectivity index (χ1n) is 6.79. The highest BCUT2D eigenvalue weighted by atomic mass is 16.5. The van der Waals surface area contributed by atoms with Crippen molar-refractivity contribution < 1.29 is 4.74 Å². The van der Waals surface area contributed by atoms with Crippen molar-refractivity contribution in [3.63, 3.8) is 0 Å². The van der Waals surface area contributed by atoms with Gasteiger partial charge in [-0.25, -0.2) is 0 Å². The second-order valence-corrected chi connectivity index (χ2v) is 5.09. The Kier molecular flexibility index (Phi) is 4.64. The molecule has 2 rings (SSSR count). The Hall–Kier alpha value is -1.73. The number of ether oxygens (including phenoxy) is 1. The molecule has 0 aliphatic carbocycles. The number of rotatable bonds is 4. The van der Waals surface area contributed by atoms with Crippen LogP contribution in [0.25, 0.3) is 0 Å². The van der Waals surface area contributed by atoms with Crippen LogP contribution in [0.4, 0.5) is 11.4 Å². The van der Waals surface area contributed by atoms with E-state index < -0.39 is 0 Å². The molecule has 4 nitrogen and oxygen atoms in total. The van der Waals surface area contributed by atoms with Crippen LogP contribution < -0.4 is 10.6 Å². The molecule has 4 heteroatoms. The normalized spacial score (nSPS) is 18.8. The van der Waals surface area contributed by atoms with E-state index in [0.29, 0.717) is 18.2 Å². The van der Waals surface area contributed by atoms with Crippen molar-refractivity contribution in [3.8, 4) is 6.07 Å². The zero-order valence-electron chi connectivity index (χ0n) is 11.4. The number of nitriles is 1. The molecule has 0 saturated carbocycles. The summed E-state index contributed by atoms with van der Waals surface area (Å²) in [5.41, 5.74) is 8.54. The van der Waals surface area contributed by atoms with Gasteiger partial charge in [-0.2, -0.15) is 5.26 Å². The first-order chi connectivity index (χ1) is 9.20. The Labute approximate surface area is 114 Å². The van der Waals surface area contributed by atoms with Crippen LogP contribution in [0.1, 0.15) is 24.8 Å². The maximum atomic E-state index is 8.80. The van der Waals surface area contributed by atoms with E-state index in [4.69, 9.17) is 15.7 Å². The number of anilines is 2. The van der Waals surface area contributed by atoms with Crippen molar-refractivity contribution in [3.05, 3.63) is 23.8 Å². The van der Waals surface area contributed by atoms with Crippen molar-refractivity contribution in [2.24, 2.45) is 0 Å². The minimum Gasteiger partial charge on any atom is -0.398 e. The molecule has 1 aromatic carbocycles. The number of nitrogen functional groups attached to an aromatic ring is 1.